The topological polar surface area (TPSA) is 44.8 Å². The van der Waals surface area contributed by atoms with Crippen LogP contribution in [0.1, 0.15) is 25.8 Å². The van der Waals surface area contributed by atoms with E-state index in [9.17, 15) is 4.79 Å². The van der Waals surface area contributed by atoms with Gasteiger partial charge in [0.2, 0.25) is 0 Å². The summed E-state index contributed by atoms with van der Waals surface area (Å²) in [6.45, 7) is 3.93. The summed E-state index contributed by atoms with van der Waals surface area (Å²) < 4.78 is 15.5. The molecule has 0 aliphatic heterocycles. The molecule has 0 N–H and O–H groups in total. The molecule has 4 heteroatoms. The molecule has 1 aromatic rings. The predicted octanol–water partition coefficient (Wildman–Crippen LogP) is 2.59. The van der Waals surface area contributed by atoms with Crippen LogP contribution in [0.25, 0.3) is 0 Å². The van der Waals surface area contributed by atoms with Crippen molar-refractivity contribution in [1.29, 1.82) is 0 Å². The van der Waals surface area contributed by atoms with Crippen molar-refractivity contribution in [2.75, 3.05) is 14.2 Å². The highest BCUT2D eigenvalue weighted by Crippen LogP contribution is 2.29. The number of carbonyl (C=O) groups excluding carboxylic acids is 1. The Morgan fingerprint density at radius 3 is 2.50 bits per heavy atom. The van der Waals surface area contributed by atoms with Gasteiger partial charge in [-0.15, -0.1) is 0 Å². The SMILES string of the molecule is COC(=O)CCc1ccc(OC(C)C)c(OC)c1. The van der Waals surface area contributed by atoms with Crippen LogP contribution in [-0.4, -0.2) is 26.3 Å². The van der Waals surface area contributed by atoms with E-state index in [1.165, 1.54) is 7.11 Å². The Morgan fingerprint density at radius 2 is 1.94 bits per heavy atom. The average Bonchev–Trinajstić information content (AvgIpc) is 2.36. The molecule has 0 aromatic heterocycles. The molecule has 1 aromatic carbocycles. The van der Waals surface area contributed by atoms with Crippen molar-refractivity contribution in [3.8, 4) is 11.5 Å². The van der Waals surface area contributed by atoms with Gasteiger partial charge in [0, 0.05) is 6.42 Å². The molecule has 0 aliphatic rings. The number of aryl methyl sites for hydroxylation is 1. The number of ether oxygens (including phenoxy) is 3. The lowest BCUT2D eigenvalue weighted by Gasteiger charge is -2.14. The molecule has 4 nitrogen and oxygen atoms in total. The maximum absolute atomic E-state index is 11.1. The summed E-state index contributed by atoms with van der Waals surface area (Å²) in [6.07, 6.45) is 1.09. The summed E-state index contributed by atoms with van der Waals surface area (Å²) in [7, 11) is 3.00. The Bertz CT molecular complexity index is 399. The molecule has 100 valence electrons. The number of benzene rings is 1. The highest BCUT2D eigenvalue weighted by Gasteiger charge is 2.08. The van der Waals surface area contributed by atoms with Gasteiger partial charge in [-0.2, -0.15) is 0 Å². The van der Waals surface area contributed by atoms with Crippen LogP contribution in [0.2, 0.25) is 0 Å². The third kappa shape index (κ3) is 4.28. The molecule has 18 heavy (non-hydrogen) atoms. The van der Waals surface area contributed by atoms with Crippen molar-refractivity contribution in [3.05, 3.63) is 23.8 Å². The van der Waals surface area contributed by atoms with Crippen molar-refractivity contribution in [2.45, 2.75) is 32.8 Å². The molecule has 0 saturated carbocycles. The fraction of sp³-hybridized carbons (Fsp3) is 0.500. The second-order valence-corrected chi connectivity index (χ2v) is 4.23. The van der Waals surface area contributed by atoms with Crippen LogP contribution in [0.5, 0.6) is 11.5 Å². The molecule has 0 unspecified atom stereocenters. The summed E-state index contributed by atoms with van der Waals surface area (Å²) >= 11 is 0. The van der Waals surface area contributed by atoms with Crippen LogP contribution in [0, 0.1) is 0 Å². The van der Waals surface area contributed by atoms with E-state index in [1.54, 1.807) is 7.11 Å². The van der Waals surface area contributed by atoms with Crippen molar-refractivity contribution < 1.29 is 19.0 Å². The Morgan fingerprint density at radius 1 is 1.22 bits per heavy atom. The average molecular weight is 252 g/mol. The van der Waals surface area contributed by atoms with E-state index in [-0.39, 0.29) is 12.1 Å². The zero-order chi connectivity index (χ0) is 13.5. The first-order valence-corrected chi connectivity index (χ1v) is 5.97. The van der Waals surface area contributed by atoms with Crippen LogP contribution in [-0.2, 0) is 16.0 Å². The quantitative estimate of drug-likeness (QED) is 0.730. The standard InChI is InChI=1S/C14H20O4/c1-10(2)18-12-7-5-11(9-13(12)16-3)6-8-14(15)17-4/h5,7,9-10H,6,8H2,1-4H3. The van der Waals surface area contributed by atoms with E-state index < -0.39 is 0 Å². The normalized spacial score (nSPS) is 10.3. The highest BCUT2D eigenvalue weighted by atomic mass is 16.5. The van der Waals surface area contributed by atoms with Crippen LogP contribution in [0.3, 0.4) is 0 Å². The molecular formula is C14H20O4. The first kappa shape index (κ1) is 14.4. The second kappa shape index (κ2) is 6.89. The molecular weight excluding hydrogens is 232 g/mol. The van der Waals surface area contributed by atoms with Gasteiger partial charge in [-0.05, 0) is 38.0 Å². The zero-order valence-corrected chi connectivity index (χ0v) is 11.4. The van der Waals surface area contributed by atoms with E-state index in [1.807, 2.05) is 32.0 Å². The van der Waals surface area contributed by atoms with E-state index >= 15 is 0 Å². The second-order valence-electron chi connectivity index (χ2n) is 4.23. The van der Waals surface area contributed by atoms with E-state index in [4.69, 9.17) is 9.47 Å². The molecule has 0 heterocycles. The van der Waals surface area contributed by atoms with Gasteiger partial charge in [-0.25, -0.2) is 0 Å². The summed E-state index contributed by atoms with van der Waals surface area (Å²) in [5, 5.41) is 0. The fourth-order valence-electron chi connectivity index (χ4n) is 1.57. The lowest BCUT2D eigenvalue weighted by atomic mass is 10.1. The van der Waals surface area contributed by atoms with Crippen molar-refractivity contribution in [3.63, 3.8) is 0 Å². The molecule has 0 aliphatic carbocycles. The van der Waals surface area contributed by atoms with E-state index in [0.29, 0.717) is 24.3 Å². The van der Waals surface area contributed by atoms with E-state index in [0.717, 1.165) is 5.56 Å². The molecule has 0 saturated heterocycles. The van der Waals surface area contributed by atoms with Gasteiger partial charge in [0.1, 0.15) is 0 Å². The number of methoxy groups -OCH3 is 2. The lowest BCUT2D eigenvalue weighted by molar-refractivity contribution is -0.140. The largest absolute Gasteiger partial charge is 0.493 e. The molecule has 0 amide bonds. The molecule has 0 bridgehead atoms. The first-order chi connectivity index (χ1) is 8.56. The molecule has 1 rings (SSSR count). The molecule has 0 fully saturated rings. The number of hydrogen-bond donors (Lipinski definition) is 0. The maximum Gasteiger partial charge on any atom is 0.305 e. The molecule has 0 radical (unpaired) electrons. The third-order valence-corrected chi connectivity index (χ3v) is 2.44. The van der Waals surface area contributed by atoms with Crippen LogP contribution in [0.15, 0.2) is 18.2 Å². The Kier molecular flexibility index (Phi) is 5.49. The van der Waals surface area contributed by atoms with Crippen molar-refractivity contribution in [2.24, 2.45) is 0 Å². The predicted molar refractivity (Wildman–Crippen MR) is 69.1 cm³/mol. The first-order valence-electron chi connectivity index (χ1n) is 5.97. The smallest absolute Gasteiger partial charge is 0.305 e. The van der Waals surface area contributed by atoms with Crippen LogP contribution < -0.4 is 9.47 Å². The van der Waals surface area contributed by atoms with Gasteiger partial charge in [0.05, 0.1) is 20.3 Å². The minimum Gasteiger partial charge on any atom is -0.493 e. The summed E-state index contributed by atoms with van der Waals surface area (Å²) in [5.74, 6) is 1.19. The van der Waals surface area contributed by atoms with Gasteiger partial charge in [-0.3, -0.25) is 4.79 Å². The Hall–Kier alpha value is -1.71. The number of esters is 1. The van der Waals surface area contributed by atoms with Crippen LogP contribution >= 0.6 is 0 Å². The molecule has 0 spiro atoms. The summed E-state index contributed by atoms with van der Waals surface area (Å²) in [6, 6.07) is 5.69. The summed E-state index contributed by atoms with van der Waals surface area (Å²) in [5.41, 5.74) is 1.02. The maximum atomic E-state index is 11.1. The van der Waals surface area contributed by atoms with Gasteiger partial charge in [0.15, 0.2) is 11.5 Å². The zero-order valence-electron chi connectivity index (χ0n) is 11.4. The Labute approximate surface area is 108 Å². The molecule has 0 atom stereocenters. The third-order valence-electron chi connectivity index (χ3n) is 2.44. The number of carbonyl (C=O) groups is 1. The monoisotopic (exact) mass is 252 g/mol. The van der Waals surface area contributed by atoms with Gasteiger partial charge < -0.3 is 14.2 Å². The van der Waals surface area contributed by atoms with Gasteiger partial charge in [-0.1, -0.05) is 6.07 Å². The summed E-state index contributed by atoms with van der Waals surface area (Å²) in [4.78, 5) is 11.1. The van der Waals surface area contributed by atoms with Crippen molar-refractivity contribution >= 4 is 5.97 Å². The highest BCUT2D eigenvalue weighted by molar-refractivity contribution is 5.69. The Balaban J connectivity index is 2.75. The lowest BCUT2D eigenvalue weighted by Crippen LogP contribution is -2.07. The van der Waals surface area contributed by atoms with Crippen LogP contribution in [0.4, 0.5) is 0 Å². The fourth-order valence-corrected chi connectivity index (χ4v) is 1.57. The number of rotatable bonds is 6. The van der Waals surface area contributed by atoms with Gasteiger partial charge >= 0.3 is 5.97 Å². The van der Waals surface area contributed by atoms with Gasteiger partial charge in [0.25, 0.3) is 0 Å². The van der Waals surface area contributed by atoms with E-state index in [2.05, 4.69) is 4.74 Å². The minimum absolute atomic E-state index is 0.0971. The van der Waals surface area contributed by atoms with Crippen molar-refractivity contribution in [1.82, 2.24) is 0 Å². The minimum atomic E-state index is -0.212. The number of hydrogen-bond acceptors (Lipinski definition) is 4.